The highest BCUT2D eigenvalue weighted by molar-refractivity contribution is 5.77. The van der Waals surface area contributed by atoms with Crippen LogP contribution in [-0.4, -0.2) is 60.0 Å². The van der Waals surface area contributed by atoms with E-state index in [4.69, 9.17) is 4.42 Å². The third kappa shape index (κ3) is 4.93. The molecule has 1 aromatic heterocycles. The second-order valence-corrected chi connectivity index (χ2v) is 6.79. The molecule has 26 heavy (non-hydrogen) atoms. The van der Waals surface area contributed by atoms with Gasteiger partial charge in [-0.15, -0.1) is 0 Å². The molecule has 1 saturated heterocycles. The zero-order valence-corrected chi connectivity index (χ0v) is 15.7. The van der Waals surface area contributed by atoms with Crippen molar-refractivity contribution in [2.24, 2.45) is 0 Å². The lowest BCUT2D eigenvalue weighted by Crippen LogP contribution is -2.49. The molecule has 0 spiro atoms. The Labute approximate surface area is 155 Å². The van der Waals surface area contributed by atoms with Gasteiger partial charge in [0.2, 0.25) is 11.8 Å². The number of aryl methyl sites for hydroxylation is 1. The summed E-state index contributed by atoms with van der Waals surface area (Å²) in [6.45, 7) is 9.77. The highest BCUT2D eigenvalue weighted by atomic mass is 16.4. The van der Waals surface area contributed by atoms with Crippen molar-refractivity contribution in [1.29, 1.82) is 0 Å². The highest BCUT2D eigenvalue weighted by Gasteiger charge is 2.21. The van der Waals surface area contributed by atoms with Crippen LogP contribution in [0.5, 0.6) is 0 Å². The zero-order chi connectivity index (χ0) is 18.4. The van der Waals surface area contributed by atoms with Crippen molar-refractivity contribution >= 4 is 5.91 Å². The first kappa shape index (κ1) is 18.6. The van der Waals surface area contributed by atoms with E-state index in [9.17, 15) is 4.79 Å². The summed E-state index contributed by atoms with van der Waals surface area (Å²) in [4.78, 5) is 21.1. The number of benzene rings is 1. The summed E-state index contributed by atoms with van der Waals surface area (Å²) >= 11 is 0. The number of hydrogen-bond donors (Lipinski definition) is 1. The maximum Gasteiger partial charge on any atom is 0.234 e. The largest absolute Gasteiger partial charge is 0.441 e. The molecule has 0 saturated carbocycles. The van der Waals surface area contributed by atoms with Gasteiger partial charge in [-0.2, -0.15) is 0 Å². The number of amides is 1. The van der Waals surface area contributed by atoms with Crippen molar-refractivity contribution in [3.8, 4) is 11.5 Å². The van der Waals surface area contributed by atoms with Crippen LogP contribution in [0.3, 0.4) is 0 Å². The number of oxazole rings is 1. The summed E-state index contributed by atoms with van der Waals surface area (Å²) in [6, 6.07) is 9.99. The fourth-order valence-corrected chi connectivity index (χ4v) is 3.12. The van der Waals surface area contributed by atoms with Crippen LogP contribution in [0.4, 0.5) is 0 Å². The molecule has 6 nitrogen and oxygen atoms in total. The molecule has 1 N–H and O–H groups in total. The summed E-state index contributed by atoms with van der Waals surface area (Å²) < 4.78 is 5.85. The maximum absolute atomic E-state index is 11.8. The van der Waals surface area contributed by atoms with E-state index in [1.807, 2.05) is 37.3 Å². The molecule has 0 radical (unpaired) electrons. The molecular formula is C20H28N4O2. The van der Waals surface area contributed by atoms with Gasteiger partial charge in [0.05, 0.1) is 12.2 Å². The Morgan fingerprint density at radius 3 is 2.54 bits per heavy atom. The molecule has 0 atom stereocenters. The van der Waals surface area contributed by atoms with Crippen molar-refractivity contribution in [1.82, 2.24) is 20.1 Å². The number of piperazine rings is 1. The van der Waals surface area contributed by atoms with E-state index in [1.54, 1.807) is 0 Å². The number of aromatic nitrogens is 1. The molecule has 0 bridgehead atoms. The molecule has 1 aromatic carbocycles. The molecular weight excluding hydrogens is 328 g/mol. The lowest BCUT2D eigenvalue weighted by Gasteiger charge is -2.33. The van der Waals surface area contributed by atoms with Crippen molar-refractivity contribution < 1.29 is 9.21 Å². The Hall–Kier alpha value is -2.18. The lowest BCUT2D eigenvalue weighted by atomic mass is 10.2. The van der Waals surface area contributed by atoms with Crippen LogP contribution in [0.2, 0.25) is 0 Å². The summed E-state index contributed by atoms with van der Waals surface area (Å²) in [5.74, 6) is 1.69. The van der Waals surface area contributed by atoms with E-state index in [0.29, 0.717) is 12.4 Å². The van der Waals surface area contributed by atoms with Crippen LogP contribution in [0.25, 0.3) is 11.5 Å². The molecule has 1 aliphatic rings. The SMILES string of the molecule is CCCNC(=O)CN1CCN(Cc2nc(-c3ccccc3)oc2C)CC1. The predicted octanol–water partition coefficient (Wildman–Crippen LogP) is 2.29. The van der Waals surface area contributed by atoms with E-state index in [1.165, 1.54) is 0 Å². The third-order valence-corrected chi connectivity index (χ3v) is 4.69. The minimum absolute atomic E-state index is 0.125. The Balaban J connectivity index is 1.50. The number of nitrogens with zero attached hydrogens (tertiary/aromatic N) is 3. The fraction of sp³-hybridized carbons (Fsp3) is 0.500. The number of carbonyl (C=O) groups excluding carboxylic acids is 1. The van der Waals surface area contributed by atoms with Gasteiger partial charge in [-0.25, -0.2) is 4.98 Å². The number of rotatable bonds is 7. The third-order valence-electron chi connectivity index (χ3n) is 4.69. The van der Waals surface area contributed by atoms with E-state index >= 15 is 0 Å². The first-order valence-electron chi connectivity index (χ1n) is 9.39. The highest BCUT2D eigenvalue weighted by Crippen LogP contribution is 2.22. The van der Waals surface area contributed by atoms with Gasteiger partial charge in [0, 0.05) is 44.8 Å². The average Bonchev–Trinajstić information content (AvgIpc) is 3.03. The second-order valence-electron chi connectivity index (χ2n) is 6.79. The first-order chi connectivity index (χ1) is 12.7. The second kappa shape index (κ2) is 8.96. The van der Waals surface area contributed by atoms with Crippen molar-refractivity contribution in [3.05, 3.63) is 41.8 Å². The normalized spacial score (nSPS) is 15.9. The minimum Gasteiger partial charge on any atom is -0.441 e. The summed E-state index contributed by atoms with van der Waals surface area (Å²) in [7, 11) is 0. The van der Waals surface area contributed by atoms with Crippen LogP contribution in [0, 0.1) is 6.92 Å². The standard InChI is InChI=1S/C20H28N4O2/c1-3-9-21-19(25)15-24-12-10-23(11-13-24)14-18-16(2)26-20(22-18)17-7-5-4-6-8-17/h4-8H,3,9-15H2,1-2H3,(H,21,25). The molecule has 2 aromatic rings. The predicted molar refractivity (Wildman–Crippen MR) is 102 cm³/mol. The van der Waals surface area contributed by atoms with Gasteiger partial charge < -0.3 is 9.73 Å². The number of nitrogens with one attached hydrogen (secondary N) is 1. The Kier molecular flexibility index (Phi) is 6.41. The lowest BCUT2D eigenvalue weighted by molar-refractivity contribution is -0.122. The van der Waals surface area contributed by atoms with Gasteiger partial charge in [-0.3, -0.25) is 14.6 Å². The van der Waals surface area contributed by atoms with Crippen LogP contribution in [0.15, 0.2) is 34.7 Å². The smallest absolute Gasteiger partial charge is 0.234 e. The van der Waals surface area contributed by atoms with Gasteiger partial charge in [0.1, 0.15) is 5.76 Å². The van der Waals surface area contributed by atoms with Gasteiger partial charge in [0.15, 0.2) is 0 Å². The van der Waals surface area contributed by atoms with Crippen LogP contribution >= 0.6 is 0 Å². The van der Waals surface area contributed by atoms with Crippen LogP contribution in [0.1, 0.15) is 24.8 Å². The Morgan fingerprint density at radius 1 is 1.15 bits per heavy atom. The molecule has 0 aliphatic carbocycles. The molecule has 3 rings (SSSR count). The molecule has 0 unspecified atom stereocenters. The van der Waals surface area contributed by atoms with Gasteiger partial charge in [-0.1, -0.05) is 25.1 Å². The van der Waals surface area contributed by atoms with Crippen LogP contribution in [-0.2, 0) is 11.3 Å². The van der Waals surface area contributed by atoms with Gasteiger partial charge in [0.25, 0.3) is 0 Å². The zero-order valence-electron chi connectivity index (χ0n) is 15.7. The molecule has 6 heteroatoms. The fourth-order valence-electron chi connectivity index (χ4n) is 3.12. The van der Waals surface area contributed by atoms with E-state index in [0.717, 1.165) is 62.7 Å². The number of carbonyl (C=O) groups is 1. The molecule has 140 valence electrons. The first-order valence-corrected chi connectivity index (χ1v) is 9.39. The molecule has 1 amide bonds. The van der Waals surface area contributed by atoms with Gasteiger partial charge >= 0.3 is 0 Å². The summed E-state index contributed by atoms with van der Waals surface area (Å²) in [5, 5.41) is 2.94. The topological polar surface area (TPSA) is 61.6 Å². The number of hydrogen-bond acceptors (Lipinski definition) is 5. The Morgan fingerprint density at radius 2 is 1.85 bits per heavy atom. The molecule has 1 aliphatic heterocycles. The maximum atomic E-state index is 11.8. The van der Waals surface area contributed by atoms with Crippen molar-refractivity contribution in [2.45, 2.75) is 26.8 Å². The van der Waals surface area contributed by atoms with E-state index in [-0.39, 0.29) is 5.91 Å². The van der Waals surface area contributed by atoms with E-state index < -0.39 is 0 Å². The Bertz CT molecular complexity index is 706. The summed E-state index contributed by atoms with van der Waals surface area (Å²) in [5.41, 5.74) is 2.00. The molecule has 1 fully saturated rings. The van der Waals surface area contributed by atoms with Gasteiger partial charge in [-0.05, 0) is 25.5 Å². The summed E-state index contributed by atoms with van der Waals surface area (Å²) in [6.07, 6.45) is 0.974. The minimum atomic E-state index is 0.125. The average molecular weight is 356 g/mol. The molecule has 2 heterocycles. The van der Waals surface area contributed by atoms with Crippen molar-refractivity contribution in [3.63, 3.8) is 0 Å². The quantitative estimate of drug-likeness (QED) is 0.825. The van der Waals surface area contributed by atoms with Crippen molar-refractivity contribution in [2.75, 3.05) is 39.3 Å². The van der Waals surface area contributed by atoms with E-state index in [2.05, 4.69) is 27.0 Å². The van der Waals surface area contributed by atoms with Crippen LogP contribution < -0.4 is 5.32 Å². The monoisotopic (exact) mass is 356 g/mol.